The molecule has 4 aliphatic rings. The molecule has 3 aromatic carbocycles. The summed E-state index contributed by atoms with van der Waals surface area (Å²) in [6.45, 7) is 1.93. The van der Waals surface area contributed by atoms with Crippen molar-refractivity contribution in [3.8, 4) is 0 Å². The van der Waals surface area contributed by atoms with Crippen LogP contribution in [-0.4, -0.2) is 22.9 Å². The number of benzene rings is 3. The van der Waals surface area contributed by atoms with Gasteiger partial charge in [0, 0.05) is 5.92 Å². The molecule has 1 aliphatic heterocycles. The van der Waals surface area contributed by atoms with Gasteiger partial charge in [-0.15, -0.1) is 0 Å². The number of nitrogens with zero attached hydrogens (tertiary/aromatic N) is 1. The molecule has 3 aromatic rings. The zero-order valence-corrected chi connectivity index (χ0v) is 16.8. The number of aryl methyl sites for hydroxylation is 1. The highest BCUT2D eigenvalue weighted by atomic mass is 16.4. The van der Waals surface area contributed by atoms with Gasteiger partial charge in [0.1, 0.15) is 5.41 Å². The summed E-state index contributed by atoms with van der Waals surface area (Å²) in [5.41, 5.74) is 2.83. The first-order valence-corrected chi connectivity index (χ1v) is 10.3. The van der Waals surface area contributed by atoms with E-state index < -0.39 is 29.1 Å². The number of amides is 2. The maximum absolute atomic E-state index is 13.8. The first-order valence-electron chi connectivity index (χ1n) is 10.3. The van der Waals surface area contributed by atoms with Crippen LogP contribution in [0.15, 0.2) is 72.8 Å². The largest absolute Gasteiger partial charge is 0.480 e. The summed E-state index contributed by atoms with van der Waals surface area (Å²) in [6.07, 6.45) is 0. The van der Waals surface area contributed by atoms with Crippen molar-refractivity contribution in [2.45, 2.75) is 18.3 Å². The van der Waals surface area contributed by atoms with E-state index in [4.69, 9.17) is 0 Å². The molecule has 1 saturated heterocycles. The van der Waals surface area contributed by atoms with Crippen LogP contribution in [0.25, 0.3) is 0 Å². The van der Waals surface area contributed by atoms with Crippen LogP contribution >= 0.6 is 0 Å². The summed E-state index contributed by atoms with van der Waals surface area (Å²) in [5.74, 6) is -3.91. The van der Waals surface area contributed by atoms with E-state index in [0.29, 0.717) is 16.8 Å². The van der Waals surface area contributed by atoms with Crippen molar-refractivity contribution >= 4 is 23.5 Å². The van der Waals surface area contributed by atoms with Gasteiger partial charge in [0.15, 0.2) is 0 Å². The molecule has 31 heavy (non-hydrogen) atoms. The van der Waals surface area contributed by atoms with E-state index in [1.54, 1.807) is 36.4 Å². The number of carbonyl (C=O) groups is 3. The Balaban J connectivity index is 1.67. The summed E-state index contributed by atoms with van der Waals surface area (Å²) in [7, 11) is 0. The number of carbonyl (C=O) groups excluding carboxylic acids is 2. The molecule has 1 fully saturated rings. The molecule has 152 valence electrons. The Morgan fingerprint density at radius 2 is 1.39 bits per heavy atom. The topological polar surface area (TPSA) is 74.7 Å². The zero-order chi connectivity index (χ0) is 21.5. The van der Waals surface area contributed by atoms with Crippen LogP contribution < -0.4 is 4.90 Å². The van der Waals surface area contributed by atoms with Gasteiger partial charge in [-0.2, -0.15) is 0 Å². The molecule has 0 unspecified atom stereocenters. The minimum atomic E-state index is -1.58. The van der Waals surface area contributed by atoms with Gasteiger partial charge in [0.25, 0.3) is 0 Å². The highest BCUT2D eigenvalue weighted by Crippen LogP contribution is 2.64. The molecule has 2 bridgehead atoms. The fraction of sp³-hybridized carbons (Fsp3) is 0.192. The average molecular weight is 409 g/mol. The van der Waals surface area contributed by atoms with Gasteiger partial charge in [0.2, 0.25) is 11.8 Å². The molecule has 5 nitrogen and oxygen atoms in total. The Kier molecular flexibility index (Phi) is 3.45. The summed E-state index contributed by atoms with van der Waals surface area (Å²) < 4.78 is 0. The van der Waals surface area contributed by atoms with E-state index in [9.17, 15) is 19.5 Å². The minimum Gasteiger partial charge on any atom is -0.480 e. The SMILES string of the molecule is Cc1ccc(N2C(=O)[C@@H]3[C@@H](C2=O)C2c4ccccc4C3(C(=O)O)c3ccccc32)cc1. The molecule has 1 N–H and O–H groups in total. The number of hydrogen-bond donors (Lipinski definition) is 1. The first kappa shape index (κ1) is 18.1. The van der Waals surface area contributed by atoms with Crippen molar-refractivity contribution in [3.05, 3.63) is 101 Å². The molecule has 7 rings (SSSR count). The maximum Gasteiger partial charge on any atom is 0.319 e. The third-order valence-corrected chi connectivity index (χ3v) is 7.25. The van der Waals surface area contributed by atoms with Crippen LogP contribution in [0.5, 0.6) is 0 Å². The lowest BCUT2D eigenvalue weighted by atomic mass is 9.47. The normalized spacial score (nSPS) is 27.6. The van der Waals surface area contributed by atoms with Gasteiger partial charge in [-0.25, -0.2) is 4.90 Å². The third kappa shape index (κ3) is 1.99. The number of anilines is 1. The van der Waals surface area contributed by atoms with E-state index in [1.807, 2.05) is 43.3 Å². The van der Waals surface area contributed by atoms with E-state index in [2.05, 4.69) is 0 Å². The van der Waals surface area contributed by atoms with Gasteiger partial charge >= 0.3 is 5.97 Å². The van der Waals surface area contributed by atoms with Crippen LogP contribution in [0.2, 0.25) is 0 Å². The van der Waals surface area contributed by atoms with Crippen molar-refractivity contribution in [2.75, 3.05) is 4.90 Å². The van der Waals surface area contributed by atoms with E-state index in [-0.39, 0.29) is 11.8 Å². The zero-order valence-electron chi connectivity index (χ0n) is 16.8. The highest BCUT2D eigenvalue weighted by Gasteiger charge is 2.71. The van der Waals surface area contributed by atoms with Crippen LogP contribution in [0.3, 0.4) is 0 Å². The van der Waals surface area contributed by atoms with Crippen molar-refractivity contribution in [1.29, 1.82) is 0 Å². The Morgan fingerprint density at radius 1 is 0.839 bits per heavy atom. The van der Waals surface area contributed by atoms with Crippen LogP contribution in [0.1, 0.15) is 33.7 Å². The standard InChI is InChI=1S/C26H19NO4/c1-14-10-12-15(13-11-14)27-23(28)21-20-16-6-2-4-8-18(16)26(25(30)31,22(21)24(27)29)19-9-5-3-7-17(19)20/h2-13,20-22H,1H3,(H,30,31)/t20?,21-,22-,26?/m0/s1. The quantitative estimate of drug-likeness (QED) is 0.656. The maximum atomic E-state index is 13.8. The Morgan fingerprint density at radius 3 is 1.94 bits per heavy atom. The highest BCUT2D eigenvalue weighted by molar-refractivity contribution is 6.25. The molecular formula is C26H19NO4. The summed E-state index contributed by atoms with van der Waals surface area (Å²) in [6, 6.07) is 21.9. The number of aliphatic carboxylic acids is 1. The van der Waals surface area contributed by atoms with Crippen LogP contribution in [-0.2, 0) is 19.8 Å². The van der Waals surface area contributed by atoms with Crippen molar-refractivity contribution in [1.82, 2.24) is 0 Å². The number of hydrogen-bond acceptors (Lipinski definition) is 3. The van der Waals surface area contributed by atoms with Crippen LogP contribution in [0.4, 0.5) is 5.69 Å². The van der Waals surface area contributed by atoms with Gasteiger partial charge in [-0.1, -0.05) is 66.2 Å². The van der Waals surface area contributed by atoms with E-state index >= 15 is 0 Å². The second-order valence-electron chi connectivity index (χ2n) is 8.62. The van der Waals surface area contributed by atoms with E-state index in [0.717, 1.165) is 16.7 Å². The smallest absolute Gasteiger partial charge is 0.319 e. The monoisotopic (exact) mass is 409 g/mol. The molecule has 5 heteroatoms. The fourth-order valence-corrected chi connectivity index (χ4v) is 6.08. The van der Waals surface area contributed by atoms with Gasteiger partial charge in [0.05, 0.1) is 17.5 Å². The fourth-order valence-electron chi connectivity index (χ4n) is 6.08. The molecular weight excluding hydrogens is 390 g/mol. The second-order valence-corrected chi connectivity index (χ2v) is 8.62. The predicted octanol–water partition coefficient (Wildman–Crippen LogP) is 3.63. The minimum absolute atomic E-state index is 0.321. The molecule has 2 atom stereocenters. The van der Waals surface area contributed by atoms with Gasteiger partial charge in [-0.05, 0) is 41.3 Å². The average Bonchev–Trinajstić information content (AvgIpc) is 3.05. The lowest BCUT2D eigenvalue weighted by molar-refractivity contribution is -0.149. The van der Waals surface area contributed by atoms with Crippen molar-refractivity contribution in [2.24, 2.45) is 11.8 Å². The lowest BCUT2D eigenvalue weighted by Crippen LogP contribution is -2.57. The summed E-state index contributed by atoms with van der Waals surface area (Å²) >= 11 is 0. The Bertz CT molecular complexity index is 1250. The number of imide groups is 1. The number of carboxylic acid groups (broad SMARTS) is 1. The predicted molar refractivity (Wildman–Crippen MR) is 114 cm³/mol. The lowest BCUT2D eigenvalue weighted by Gasteiger charge is -2.51. The van der Waals surface area contributed by atoms with Crippen LogP contribution in [0, 0.1) is 18.8 Å². The second kappa shape index (κ2) is 5.91. The van der Waals surface area contributed by atoms with Crippen molar-refractivity contribution in [3.63, 3.8) is 0 Å². The van der Waals surface area contributed by atoms with Gasteiger partial charge < -0.3 is 5.11 Å². The molecule has 3 aliphatic carbocycles. The van der Waals surface area contributed by atoms with E-state index in [1.165, 1.54) is 4.90 Å². The molecule has 2 amide bonds. The summed E-state index contributed by atoms with van der Waals surface area (Å²) in [5, 5.41) is 10.7. The third-order valence-electron chi connectivity index (χ3n) is 7.25. The number of carboxylic acids is 1. The Labute approximate surface area is 178 Å². The number of rotatable bonds is 2. The molecule has 1 heterocycles. The first-order chi connectivity index (χ1) is 15.0. The Hall–Kier alpha value is -3.73. The summed E-state index contributed by atoms with van der Waals surface area (Å²) in [4.78, 5) is 41.8. The molecule has 0 spiro atoms. The molecule has 0 aromatic heterocycles. The molecule has 0 saturated carbocycles. The molecule has 0 radical (unpaired) electrons. The van der Waals surface area contributed by atoms with Crippen molar-refractivity contribution < 1.29 is 19.5 Å². The van der Waals surface area contributed by atoms with Gasteiger partial charge in [-0.3, -0.25) is 14.4 Å².